The van der Waals surface area contributed by atoms with Gasteiger partial charge in [-0.1, -0.05) is 6.92 Å². The molecule has 1 aromatic carbocycles. The van der Waals surface area contributed by atoms with E-state index in [0.717, 1.165) is 0 Å². The molecule has 1 aromatic rings. The summed E-state index contributed by atoms with van der Waals surface area (Å²) in [6.45, 7) is 1.78. The van der Waals surface area contributed by atoms with Crippen molar-refractivity contribution in [3.8, 4) is 5.75 Å². The molecule has 0 atom stereocenters. The molecule has 0 aliphatic carbocycles. The van der Waals surface area contributed by atoms with E-state index >= 15 is 0 Å². The normalized spacial score (nSPS) is 11.5. The zero-order valence-electron chi connectivity index (χ0n) is 8.25. The molecule has 0 aromatic heterocycles. The van der Waals surface area contributed by atoms with E-state index < -0.39 is 14.9 Å². The quantitative estimate of drug-likeness (QED) is 0.776. The first-order valence-electron chi connectivity index (χ1n) is 4.21. The van der Waals surface area contributed by atoms with Gasteiger partial charge in [0.25, 0.3) is 9.05 Å². The fourth-order valence-corrected chi connectivity index (χ4v) is 2.24. The second-order valence-electron chi connectivity index (χ2n) is 2.90. The van der Waals surface area contributed by atoms with Crippen LogP contribution in [0.25, 0.3) is 0 Å². The van der Waals surface area contributed by atoms with Crippen LogP contribution in [0.3, 0.4) is 0 Å². The molecular formula is C9H10ClFO3S. The van der Waals surface area contributed by atoms with Gasteiger partial charge in [-0.2, -0.15) is 0 Å². The van der Waals surface area contributed by atoms with E-state index in [0.29, 0.717) is 12.0 Å². The average molecular weight is 253 g/mol. The number of methoxy groups -OCH3 is 1. The Labute approximate surface area is 92.2 Å². The first-order valence-corrected chi connectivity index (χ1v) is 6.52. The third-order valence-corrected chi connectivity index (χ3v) is 3.27. The molecule has 0 amide bonds. The maximum Gasteiger partial charge on any atom is 0.265 e. The number of benzene rings is 1. The van der Waals surface area contributed by atoms with Crippen molar-refractivity contribution < 1.29 is 17.5 Å². The van der Waals surface area contributed by atoms with Gasteiger partial charge in [0.15, 0.2) is 11.6 Å². The summed E-state index contributed by atoms with van der Waals surface area (Å²) in [6, 6.07) is 2.54. The van der Waals surface area contributed by atoms with Gasteiger partial charge in [0, 0.05) is 10.7 Å². The fourth-order valence-electron chi connectivity index (χ4n) is 1.20. The lowest BCUT2D eigenvalue weighted by Gasteiger charge is -2.08. The number of ether oxygens (including phenoxy) is 1. The van der Waals surface area contributed by atoms with Crippen LogP contribution in [0, 0.1) is 5.82 Å². The monoisotopic (exact) mass is 252 g/mol. The highest BCUT2D eigenvalue weighted by Crippen LogP contribution is 2.31. The molecule has 0 aliphatic rings. The van der Waals surface area contributed by atoms with Gasteiger partial charge >= 0.3 is 0 Å². The molecule has 0 heterocycles. The van der Waals surface area contributed by atoms with Crippen LogP contribution in [-0.2, 0) is 15.5 Å². The molecule has 6 heteroatoms. The van der Waals surface area contributed by atoms with Gasteiger partial charge in [0.1, 0.15) is 4.90 Å². The highest BCUT2D eigenvalue weighted by molar-refractivity contribution is 8.13. The minimum atomic E-state index is -3.99. The minimum Gasteiger partial charge on any atom is -0.492 e. The van der Waals surface area contributed by atoms with Gasteiger partial charge in [-0.05, 0) is 24.1 Å². The summed E-state index contributed by atoms with van der Waals surface area (Å²) >= 11 is 0. The van der Waals surface area contributed by atoms with E-state index in [1.165, 1.54) is 19.2 Å². The molecule has 0 fully saturated rings. The Kier molecular flexibility index (Phi) is 3.57. The van der Waals surface area contributed by atoms with Gasteiger partial charge in [0.05, 0.1) is 7.11 Å². The zero-order chi connectivity index (χ0) is 11.6. The molecule has 0 unspecified atom stereocenters. The standard InChI is InChI=1S/C9H10ClFO3S/c1-3-6-4-7(11)9(14-2)8(5-6)15(10,12)13/h4-5H,3H2,1-2H3. The molecule has 0 bridgehead atoms. The van der Waals surface area contributed by atoms with Crippen LogP contribution in [0.5, 0.6) is 5.75 Å². The molecule has 0 radical (unpaired) electrons. The van der Waals surface area contributed by atoms with Crippen LogP contribution in [0.2, 0.25) is 0 Å². The maximum absolute atomic E-state index is 13.4. The predicted molar refractivity (Wildman–Crippen MR) is 55.4 cm³/mol. The molecular weight excluding hydrogens is 243 g/mol. The number of halogens is 2. The van der Waals surface area contributed by atoms with E-state index in [1.807, 2.05) is 0 Å². The molecule has 0 N–H and O–H groups in total. The lowest BCUT2D eigenvalue weighted by Crippen LogP contribution is -2.00. The van der Waals surface area contributed by atoms with Crippen molar-refractivity contribution in [1.29, 1.82) is 0 Å². The number of hydrogen-bond donors (Lipinski definition) is 0. The van der Waals surface area contributed by atoms with Gasteiger partial charge in [-0.3, -0.25) is 0 Å². The van der Waals surface area contributed by atoms with Crippen molar-refractivity contribution in [3.05, 3.63) is 23.5 Å². The molecule has 84 valence electrons. The predicted octanol–water partition coefficient (Wildman–Crippen LogP) is 2.32. The summed E-state index contributed by atoms with van der Waals surface area (Å²) in [5, 5.41) is 0. The zero-order valence-corrected chi connectivity index (χ0v) is 9.82. The first kappa shape index (κ1) is 12.3. The van der Waals surface area contributed by atoms with Crippen molar-refractivity contribution in [2.75, 3.05) is 7.11 Å². The molecule has 0 aliphatic heterocycles. The third kappa shape index (κ3) is 2.60. The third-order valence-electron chi connectivity index (χ3n) is 1.94. The Morgan fingerprint density at radius 3 is 2.47 bits per heavy atom. The van der Waals surface area contributed by atoms with Gasteiger partial charge < -0.3 is 4.74 Å². The van der Waals surface area contributed by atoms with E-state index in [2.05, 4.69) is 4.74 Å². The number of aryl methyl sites for hydroxylation is 1. The SMILES string of the molecule is CCc1cc(F)c(OC)c(S(=O)(=O)Cl)c1. The Balaban J connectivity index is 3.53. The minimum absolute atomic E-state index is 0.330. The van der Waals surface area contributed by atoms with E-state index in [-0.39, 0.29) is 10.6 Å². The lowest BCUT2D eigenvalue weighted by atomic mass is 10.1. The summed E-state index contributed by atoms with van der Waals surface area (Å²) in [7, 11) is 2.37. The molecule has 3 nitrogen and oxygen atoms in total. The van der Waals surface area contributed by atoms with Crippen molar-refractivity contribution >= 4 is 19.7 Å². The Hall–Kier alpha value is -0.810. The Bertz CT molecular complexity index is 470. The van der Waals surface area contributed by atoms with E-state index in [9.17, 15) is 12.8 Å². The topological polar surface area (TPSA) is 43.4 Å². The largest absolute Gasteiger partial charge is 0.492 e. The molecule has 15 heavy (non-hydrogen) atoms. The van der Waals surface area contributed by atoms with Crippen LogP contribution >= 0.6 is 10.7 Å². The van der Waals surface area contributed by atoms with Gasteiger partial charge in [-0.15, -0.1) is 0 Å². The van der Waals surface area contributed by atoms with Crippen molar-refractivity contribution in [1.82, 2.24) is 0 Å². The van der Waals surface area contributed by atoms with E-state index in [1.54, 1.807) is 6.92 Å². The van der Waals surface area contributed by atoms with E-state index in [4.69, 9.17) is 10.7 Å². The first-order chi connectivity index (χ1) is 6.90. The molecule has 0 spiro atoms. The number of rotatable bonds is 3. The van der Waals surface area contributed by atoms with Crippen LogP contribution in [0.1, 0.15) is 12.5 Å². The number of hydrogen-bond acceptors (Lipinski definition) is 3. The van der Waals surface area contributed by atoms with Crippen LogP contribution in [0.4, 0.5) is 4.39 Å². The summed E-state index contributed by atoms with van der Waals surface area (Å²) in [4.78, 5) is -0.330. The smallest absolute Gasteiger partial charge is 0.265 e. The average Bonchev–Trinajstić information content (AvgIpc) is 2.15. The lowest BCUT2D eigenvalue weighted by molar-refractivity contribution is 0.374. The van der Waals surface area contributed by atoms with Crippen molar-refractivity contribution in [2.24, 2.45) is 0 Å². The van der Waals surface area contributed by atoms with Gasteiger partial charge in [-0.25, -0.2) is 12.8 Å². The Morgan fingerprint density at radius 1 is 1.47 bits per heavy atom. The molecule has 0 saturated carbocycles. The van der Waals surface area contributed by atoms with Crippen LogP contribution in [-0.4, -0.2) is 15.5 Å². The highest BCUT2D eigenvalue weighted by Gasteiger charge is 2.21. The van der Waals surface area contributed by atoms with Crippen molar-refractivity contribution in [3.63, 3.8) is 0 Å². The van der Waals surface area contributed by atoms with Gasteiger partial charge in [0.2, 0.25) is 0 Å². The summed E-state index contributed by atoms with van der Waals surface area (Å²) in [5.74, 6) is -1.07. The maximum atomic E-state index is 13.4. The molecule has 0 saturated heterocycles. The second kappa shape index (κ2) is 4.37. The molecule has 1 rings (SSSR count). The van der Waals surface area contributed by atoms with Crippen LogP contribution < -0.4 is 4.74 Å². The van der Waals surface area contributed by atoms with Crippen molar-refractivity contribution in [2.45, 2.75) is 18.2 Å². The fraction of sp³-hybridized carbons (Fsp3) is 0.333. The second-order valence-corrected chi connectivity index (χ2v) is 5.43. The van der Waals surface area contributed by atoms with Crippen LogP contribution in [0.15, 0.2) is 17.0 Å². The Morgan fingerprint density at radius 2 is 2.07 bits per heavy atom. The summed E-state index contributed by atoms with van der Waals surface area (Å²) in [5.41, 5.74) is 0.549. The summed E-state index contributed by atoms with van der Waals surface area (Å²) in [6.07, 6.45) is 0.514. The highest BCUT2D eigenvalue weighted by atomic mass is 35.7. The summed E-state index contributed by atoms with van der Waals surface area (Å²) < 4.78 is 40.3.